The van der Waals surface area contributed by atoms with Crippen LogP contribution in [-0.4, -0.2) is 88.6 Å². The number of hydrogen-bond donors (Lipinski definition) is 5. The minimum atomic E-state index is -2.01. The second-order valence-electron chi connectivity index (χ2n) is 4.53. The SMILES string of the molecule is COC(=O)C1(OC)CC(O)C(O)C(C(O)C(O)CO)O1. The molecule has 0 aromatic carbocycles. The van der Waals surface area contributed by atoms with Crippen LogP contribution in [0.2, 0.25) is 0 Å². The number of carbonyl (C=O) groups excluding carboxylic acids is 1. The summed E-state index contributed by atoms with van der Waals surface area (Å²) in [5.74, 6) is -2.96. The zero-order chi connectivity index (χ0) is 15.5. The van der Waals surface area contributed by atoms with Gasteiger partial charge in [-0.1, -0.05) is 0 Å². The van der Waals surface area contributed by atoms with Gasteiger partial charge in [0.15, 0.2) is 0 Å². The minimum absolute atomic E-state index is 0.407. The largest absolute Gasteiger partial charge is 0.465 e. The van der Waals surface area contributed by atoms with E-state index in [1.54, 1.807) is 0 Å². The van der Waals surface area contributed by atoms with Crippen molar-refractivity contribution in [2.45, 2.75) is 42.7 Å². The van der Waals surface area contributed by atoms with Crippen LogP contribution in [-0.2, 0) is 19.0 Å². The van der Waals surface area contributed by atoms with Crippen molar-refractivity contribution in [1.29, 1.82) is 0 Å². The summed E-state index contributed by atoms with van der Waals surface area (Å²) in [7, 11) is 2.21. The lowest BCUT2D eigenvalue weighted by Crippen LogP contribution is -2.63. The van der Waals surface area contributed by atoms with E-state index >= 15 is 0 Å². The molecule has 1 aliphatic rings. The van der Waals surface area contributed by atoms with Crippen LogP contribution in [0.1, 0.15) is 6.42 Å². The van der Waals surface area contributed by atoms with Crippen molar-refractivity contribution in [2.75, 3.05) is 20.8 Å². The summed E-state index contributed by atoms with van der Waals surface area (Å²) in [4.78, 5) is 11.7. The van der Waals surface area contributed by atoms with Gasteiger partial charge in [0, 0.05) is 13.5 Å². The molecule has 9 nitrogen and oxygen atoms in total. The Bertz CT molecular complexity index is 336. The maximum Gasteiger partial charge on any atom is 0.366 e. The van der Waals surface area contributed by atoms with E-state index < -0.39 is 55.3 Å². The topological polar surface area (TPSA) is 146 Å². The fourth-order valence-electron chi connectivity index (χ4n) is 2.05. The number of methoxy groups -OCH3 is 2. The summed E-state index contributed by atoms with van der Waals surface area (Å²) >= 11 is 0. The maximum absolute atomic E-state index is 11.7. The molecule has 20 heavy (non-hydrogen) atoms. The Labute approximate surface area is 115 Å². The summed E-state index contributed by atoms with van der Waals surface area (Å²) < 4.78 is 14.6. The van der Waals surface area contributed by atoms with Gasteiger partial charge >= 0.3 is 5.97 Å². The number of aliphatic hydroxyl groups is 5. The molecule has 118 valence electrons. The molecule has 0 amide bonds. The fourth-order valence-corrected chi connectivity index (χ4v) is 2.05. The summed E-state index contributed by atoms with van der Waals surface area (Å²) in [6, 6.07) is 0. The lowest BCUT2D eigenvalue weighted by Gasteiger charge is -2.44. The van der Waals surface area contributed by atoms with Gasteiger partial charge in [0.1, 0.15) is 24.4 Å². The van der Waals surface area contributed by atoms with Gasteiger partial charge in [-0.05, 0) is 0 Å². The molecule has 9 heteroatoms. The highest BCUT2D eigenvalue weighted by molar-refractivity contribution is 5.78. The Morgan fingerprint density at radius 3 is 2.45 bits per heavy atom. The molecule has 0 aromatic rings. The lowest BCUT2D eigenvalue weighted by molar-refractivity contribution is -0.321. The molecule has 0 bridgehead atoms. The first kappa shape index (κ1) is 17.2. The lowest BCUT2D eigenvalue weighted by atomic mass is 9.91. The minimum Gasteiger partial charge on any atom is -0.465 e. The monoisotopic (exact) mass is 296 g/mol. The predicted octanol–water partition coefficient (Wildman–Crippen LogP) is -3.27. The second kappa shape index (κ2) is 6.76. The molecule has 1 saturated heterocycles. The van der Waals surface area contributed by atoms with Gasteiger partial charge in [-0.25, -0.2) is 4.79 Å². The van der Waals surface area contributed by atoms with Gasteiger partial charge in [-0.2, -0.15) is 0 Å². The number of ether oxygens (including phenoxy) is 3. The molecule has 5 N–H and O–H groups in total. The fraction of sp³-hybridized carbons (Fsp3) is 0.909. The highest BCUT2D eigenvalue weighted by atomic mass is 16.7. The molecular formula is C11H20O9. The molecule has 0 saturated carbocycles. The number of carbonyl (C=O) groups is 1. The van der Waals surface area contributed by atoms with Gasteiger partial charge in [-0.15, -0.1) is 0 Å². The second-order valence-corrected chi connectivity index (χ2v) is 4.53. The van der Waals surface area contributed by atoms with Crippen LogP contribution in [0.4, 0.5) is 0 Å². The molecule has 1 heterocycles. The average molecular weight is 296 g/mol. The normalized spacial score (nSPS) is 37.2. The Hall–Kier alpha value is -0.810. The van der Waals surface area contributed by atoms with Crippen LogP contribution in [0.3, 0.4) is 0 Å². The van der Waals surface area contributed by atoms with Crippen molar-refractivity contribution >= 4 is 5.97 Å². The van der Waals surface area contributed by atoms with E-state index in [2.05, 4.69) is 4.74 Å². The Morgan fingerprint density at radius 1 is 1.40 bits per heavy atom. The van der Waals surface area contributed by atoms with Gasteiger partial charge in [-0.3, -0.25) is 0 Å². The summed E-state index contributed by atoms with van der Waals surface area (Å²) in [6.07, 6.45) is -8.32. The van der Waals surface area contributed by atoms with E-state index in [0.29, 0.717) is 0 Å². The Kier molecular flexibility index (Phi) is 5.83. The van der Waals surface area contributed by atoms with Crippen molar-refractivity contribution in [3.63, 3.8) is 0 Å². The third-order valence-corrected chi connectivity index (χ3v) is 3.28. The summed E-state index contributed by atoms with van der Waals surface area (Å²) in [6.45, 7) is -0.790. The number of esters is 1. The van der Waals surface area contributed by atoms with E-state index in [1.165, 1.54) is 0 Å². The quantitative estimate of drug-likeness (QED) is 0.330. The van der Waals surface area contributed by atoms with Gasteiger partial charge in [0.05, 0.1) is 19.8 Å². The first-order valence-electron chi connectivity index (χ1n) is 5.97. The molecule has 1 aliphatic heterocycles. The van der Waals surface area contributed by atoms with Crippen LogP contribution >= 0.6 is 0 Å². The highest BCUT2D eigenvalue weighted by Gasteiger charge is 2.55. The first-order chi connectivity index (χ1) is 9.32. The van der Waals surface area contributed by atoms with Gasteiger partial charge in [0.25, 0.3) is 5.79 Å². The van der Waals surface area contributed by atoms with Crippen LogP contribution in [0.5, 0.6) is 0 Å². The molecule has 6 atom stereocenters. The molecule has 0 radical (unpaired) electrons. The molecule has 0 aliphatic carbocycles. The van der Waals surface area contributed by atoms with Crippen molar-refractivity contribution in [1.82, 2.24) is 0 Å². The van der Waals surface area contributed by atoms with Crippen molar-refractivity contribution in [3.8, 4) is 0 Å². The first-order valence-corrected chi connectivity index (χ1v) is 5.97. The van der Waals surface area contributed by atoms with Crippen LogP contribution in [0.15, 0.2) is 0 Å². The molecule has 0 aromatic heterocycles. The maximum atomic E-state index is 11.7. The van der Waals surface area contributed by atoms with Gasteiger partial charge < -0.3 is 39.7 Å². The molecule has 0 spiro atoms. The van der Waals surface area contributed by atoms with E-state index in [9.17, 15) is 25.2 Å². The van der Waals surface area contributed by atoms with Crippen molar-refractivity contribution < 1.29 is 44.5 Å². The zero-order valence-corrected chi connectivity index (χ0v) is 11.2. The van der Waals surface area contributed by atoms with Crippen LogP contribution in [0, 0.1) is 0 Å². The molecule has 1 fully saturated rings. The van der Waals surface area contributed by atoms with Gasteiger partial charge in [0.2, 0.25) is 0 Å². The number of hydrogen-bond acceptors (Lipinski definition) is 9. The summed E-state index contributed by atoms with van der Waals surface area (Å²) in [5, 5.41) is 47.6. The molecule has 1 rings (SSSR count). The molecule has 6 unspecified atom stereocenters. The third kappa shape index (κ3) is 3.09. The Morgan fingerprint density at radius 2 is 2.00 bits per heavy atom. The smallest absolute Gasteiger partial charge is 0.366 e. The van der Waals surface area contributed by atoms with Crippen molar-refractivity contribution in [2.24, 2.45) is 0 Å². The molecular weight excluding hydrogens is 276 g/mol. The number of aliphatic hydroxyl groups excluding tert-OH is 5. The zero-order valence-electron chi connectivity index (χ0n) is 11.2. The average Bonchev–Trinajstić information content (AvgIpc) is 2.47. The predicted molar refractivity (Wildman–Crippen MR) is 62.4 cm³/mol. The number of rotatable bonds is 5. The van der Waals surface area contributed by atoms with E-state index in [-0.39, 0.29) is 0 Å². The van der Waals surface area contributed by atoms with E-state index in [0.717, 1.165) is 14.2 Å². The highest BCUT2D eigenvalue weighted by Crippen LogP contribution is 2.33. The van der Waals surface area contributed by atoms with Crippen LogP contribution < -0.4 is 0 Å². The summed E-state index contributed by atoms with van der Waals surface area (Å²) in [5.41, 5.74) is 0. The third-order valence-electron chi connectivity index (χ3n) is 3.28. The van der Waals surface area contributed by atoms with Crippen LogP contribution in [0.25, 0.3) is 0 Å². The standard InChI is InChI=1S/C11H20O9/c1-18-10(17)11(19-2)3-5(13)7(15)9(20-11)8(16)6(14)4-12/h5-9,12-16H,3-4H2,1-2H3. The Balaban J connectivity index is 3.02. The van der Waals surface area contributed by atoms with Crippen molar-refractivity contribution in [3.05, 3.63) is 0 Å². The van der Waals surface area contributed by atoms with E-state index in [4.69, 9.17) is 14.6 Å². The van der Waals surface area contributed by atoms with E-state index in [1.807, 2.05) is 0 Å².